The third-order valence-electron chi connectivity index (χ3n) is 2.20. The van der Waals surface area contributed by atoms with Crippen molar-refractivity contribution in [3.8, 4) is 0 Å². The Bertz CT molecular complexity index is 675. The molecule has 1 N–H and O–H groups in total. The molecule has 0 saturated heterocycles. The van der Waals surface area contributed by atoms with Crippen molar-refractivity contribution in [3.63, 3.8) is 0 Å². The summed E-state index contributed by atoms with van der Waals surface area (Å²) in [5, 5.41) is 9.51. The zero-order valence-corrected chi connectivity index (χ0v) is 9.35. The second-order valence-corrected chi connectivity index (χ2v) is 4.80. The molecule has 0 aromatic heterocycles. The van der Waals surface area contributed by atoms with Crippen molar-refractivity contribution in [3.05, 3.63) is 42.5 Å². The van der Waals surface area contributed by atoms with E-state index in [2.05, 4.69) is 4.18 Å². The Morgan fingerprint density at radius 3 is 2.33 bits per heavy atom. The van der Waals surface area contributed by atoms with Gasteiger partial charge in [0.25, 0.3) is 0 Å². The monoisotopic (exact) mass is 292 g/mol. The third kappa shape index (κ3) is 3.31. The van der Waals surface area contributed by atoms with Gasteiger partial charge in [0.05, 0.1) is 0 Å². The molecule has 0 aliphatic heterocycles. The second-order valence-electron chi connectivity index (χ2n) is 3.28. The predicted molar refractivity (Wildman–Crippen MR) is 67.4 cm³/mol. The van der Waals surface area contributed by atoms with E-state index < -0.39 is 16.3 Å². The Hall–Kier alpha value is -0.444. The zero-order chi connectivity index (χ0) is 12.5. The van der Waals surface area contributed by atoms with Crippen LogP contribution in [0.25, 0.3) is 10.8 Å². The van der Waals surface area contributed by atoms with Gasteiger partial charge in [0.15, 0.2) is 0 Å². The van der Waals surface area contributed by atoms with Crippen LogP contribution in [0.3, 0.4) is 0 Å². The fraction of sp³-hybridized carbons (Fsp3) is 0. The van der Waals surface area contributed by atoms with Crippen molar-refractivity contribution < 1.29 is 22.5 Å². The average Bonchev–Trinajstić information content (AvgIpc) is 2.26. The van der Waals surface area contributed by atoms with E-state index in [9.17, 15) is 13.2 Å². The first-order chi connectivity index (χ1) is 8.00. The van der Waals surface area contributed by atoms with Gasteiger partial charge in [-0.3, -0.25) is 0 Å². The van der Waals surface area contributed by atoms with Crippen LogP contribution in [0.4, 0.5) is 4.79 Å². The molecule has 0 radical (unpaired) electrons. The zero-order valence-electron chi connectivity index (χ0n) is 8.53. The van der Waals surface area contributed by atoms with E-state index in [-0.39, 0.29) is 56.3 Å². The minimum atomic E-state index is -4.29. The predicted octanol–water partition coefficient (Wildman–Crippen LogP) is 1.57. The van der Waals surface area contributed by atoms with Crippen molar-refractivity contribution in [2.24, 2.45) is 0 Å². The Morgan fingerprint density at radius 1 is 1.06 bits per heavy atom. The molecule has 2 aromatic carbocycles. The molecule has 0 fully saturated rings. The van der Waals surface area contributed by atoms with Crippen LogP contribution in [0.15, 0.2) is 47.4 Å². The molecule has 0 aliphatic rings. The van der Waals surface area contributed by atoms with E-state index >= 15 is 0 Å². The van der Waals surface area contributed by atoms with Crippen molar-refractivity contribution in [2.45, 2.75) is 4.90 Å². The summed E-state index contributed by atoms with van der Waals surface area (Å²) >= 11 is 0. The van der Waals surface area contributed by atoms with Gasteiger partial charge in [-0.25, -0.2) is 4.79 Å². The summed E-state index contributed by atoms with van der Waals surface area (Å²) in [6.07, 6.45) is -1.85. The van der Waals surface area contributed by atoms with Crippen LogP contribution in [-0.4, -0.2) is 71.1 Å². The van der Waals surface area contributed by atoms with Gasteiger partial charge < -0.3 is 9.29 Å². The molecule has 90 valence electrons. The summed E-state index contributed by atoms with van der Waals surface area (Å²) in [4.78, 5) is 10.2. The molecule has 18 heavy (non-hydrogen) atoms. The van der Waals surface area contributed by atoms with Crippen LogP contribution < -0.4 is 0 Å². The van der Waals surface area contributed by atoms with Crippen LogP contribution in [0.2, 0.25) is 0 Å². The molecule has 2 aromatic rings. The first-order valence-electron chi connectivity index (χ1n) is 4.66. The molecule has 0 saturated carbocycles. The fourth-order valence-electron chi connectivity index (χ4n) is 1.55. The summed E-state index contributed by atoms with van der Waals surface area (Å²) in [5.41, 5.74) is 0. The molecule has 2 rings (SSSR count). The van der Waals surface area contributed by atoms with Crippen LogP contribution in [0, 0.1) is 0 Å². The van der Waals surface area contributed by atoms with Gasteiger partial charge in [0.1, 0.15) is 4.90 Å². The van der Waals surface area contributed by atoms with Crippen molar-refractivity contribution in [2.75, 3.05) is 0 Å². The van der Waals surface area contributed by atoms with Crippen molar-refractivity contribution >= 4 is 78.4 Å². The first kappa shape index (κ1) is 15.6. The van der Waals surface area contributed by atoms with E-state index in [0.29, 0.717) is 10.8 Å². The SMILES string of the molecule is O=C(O)OS(=O)(=O)c1cccc2ccccc12.[KH]. The first-order valence-corrected chi connectivity index (χ1v) is 6.07. The Morgan fingerprint density at radius 2 is 1.67 bits per heavy atom. The summed E-state index contributed by atoms with van der Waals surface area (Å²) in [7, 11) is -4.29. The maximum atomic E-state index is 11.7. The minimum absolute atomic E-state index is 0. The van der Waals surface area contributed by atoms with Crippen LogP contribution in [0.5, 0.6) is 0 Å². The van der Waals surface area contributed by atoms with Gasteiger partial charge in [-0.05, 0) is 11.5 Å². The van der Waals surface area contributed by atoms with Gasteiger partial charge in [-0.1, -0.05) is 36.4 Å². The normalized spacial score (nSPS) is 10.7. The topological polar surface area (TPSA) is 80.7 Å². The van der Waals surface area contributed by atoms with Crippen molar-refractivity contribution in [1.82, 2.24) is 0 Å². The molecule has 0 atom stereocenters. The van der Waals surface area contributed by atoms with E-state index in [4.69, 9.17) is 5.11 Å². The van der Waals surface area contributed by atoms with E-state index in [1.54, 1.807) is 30.3 Å². The van der Waals surface area contributed by atoms with Gasteiger partial charge in [-0.15, -0.1) is 0 Å². The number of fused-ring (bicyclic) bond motifs is 1. The molecule has 5 nitrogen and oxygen atoms in total. The number of rotatable bonds is 2. The molecule has 0 aliphatic carbocycles. The van der Waals surface area contributed by atoms with Crippen molar-refractivity contribution in [1.29, 1.82) is 0 Å². The molecule has 0 unspecified atom stereocenters. The number of carbonyl (C=O) groups is 1. The van der Waals surface area contributed by atoms with Gasteiger partial charge in [-0.2, -0.15) is 8.42 Å². The molecule has 0 spiro atoms. The fourth-order valence-corrected chi connectivity index (χ4v) is 2.53. The van der Waals surface area contributed by atoms with Crippen LogP contribution in [-0.2, 0) is 14.3 Å². The number of benzene rings is 2. The van der Waals surface area contributed by atoms with E-state index in [1.165, 1.54) is 12.1 Å². The summed E-state index contributed by atoms with van der Waals surface area (Å²) in [6.45, 7) is 0. The van der Waals surface area contributed by atoms with Crippen LogP contribution >= 0.6 is 0 Å². The van der Waals surface area contributed by atoms with E-state index in [1.807, 2.05) is 0 Å². The quantitative estimate of drug-likeness (QED) is 0.671. The summed E-state index contributed by atoms with van der Waals surface area (Å²) < 4.78 is 27.2. The van der Waals surface area contributed by atoms with Gasteiger partial charge >= 0.3 is 67.7 Å². The molecule has 0 amide bonds. The Labute approximate surface area is 146 Å². The maximum absolute atomic E-state index is 11.7. The Kier molecular flexibility index (Phi) is 5.32. The number of hydrogen-bond acceptors (Lipinski definition) is 4. The molecule has 7 heteroatoms. The summed E-state index contributed by atoms with van der Waals surface area (Å²) in [6, 6.07) is 11.3. The second kappa shape index (κ2) is 6.13. The van der Waals surface area contributed by atoms with Gasteiger partial charge in [0, 0.05) is 5.39 Å². The summed E-state index contributed by atoms with van der Waals surface area (Å²) in [5.74, 6) is 0. The average molecular weight is 292 g/mol. The molecule has 0 heterocycles. The standard InChI is InChI=1S/C11H8O5S.K.H/c12-11(13)16-17(14,15)10-7-3-5-8-4-1-2-6-9(8)10;;/h1-7H,(H,12,13);;. The molecule has 0 bridgehead atoms. The molecular weight excluding hydrogens is 283 g/mol. The Balaban J connectivity index is 0.00000162. The third-order valence-corrected chi connectivity index (χ3v) is 3.46. The number of carboxylic acid groups (broad SMARTS) is 1. The molecular formula is C11H9KO5S. The van der Waals surface area contributed by atoms with Gasteiger partial charge in [0.2, 0.25) is 0 Å². The van der Waals surface area contributed by atoms with E-state index in [0.717, 1.165) is 0 Å². The number of hydrogen-bond donors (Lipinski definition) is 1. The van der Waals surface area contributed by atoms with Crippen LogP contribution in [0.1, 0.15) is 0 Å².